The third-order valence-electron chi connectivity index (χ3n) is 6.91. The molecule has 0 radical (unpaired) electrons. The molecule has 34 heavy (non-hydrogen) atoms. The zero-order valence-electron chi connectivity index (χ0n) is 19.5. The number of carboxylic acid groups (broad SMARTS) is 1. The molecule has 0 unspecified atom stereocenters. The van der Waals surface area contributed by atoms with Crippen LogP contribution in [0.1, 0.15) is 62.5 Å². The van der Waals surface area contributed by atoms with Crippen molar-refractivity contribution in [3.63, 3.8) is 0 Å². The number of benzene rings is 2. The summed E-state index contributed by atoms with van der Waals surface area (Å²) in [6.07, 6.45) is 3.09. The van der Waals surface area contributed by atoms with Gasteiger partial charge in [0, 0.05) is 18.5 Å². The molecule has 7 heteroatoms. The topological polar surface area (TPSA) is 105 Å². The Hall–Kier alpha value is -3.35. The van der Waals surface area contributed by atoms with Gasteiger partial charge in [-0.25, -0.2) is 4.79 Å². The van der Waals surface area contributed by atoms with Gasteiger partial charge in [0.25, 0.3) is 0 Å². The SMILES string of the molecule is CCCC[C@H](CC(=O)O)NC(=O)C1(CNC(=O)OCC2c3ccccc3-c3ccccc32)CC1. The zero-order valence-corrected chi connectivity index (χ0v) is 19.5. The van der Waals surface area contributed by atoms with Crippen LogP contribution < -0.4 is 10.6 Å². The summed E-state index contributed by atoms with van der Waals surface area (Å²) in [5, 5.41) is 14.8. The molecular formula is C27H32N2O5. The molecule has 2 amide bonds. The molecule has 0 aliphatic heterocycles. The maximum absolute atomic E-state index is 12.8. The Morgan fingerprint density at radius 2 is 1.68 bits per heavy atom. The minimum absolute atomic E-state index is 0.0216. The molecule has 1 fully saturated rings. The maximum Gasteiger partial charge on any atom is 0.407 e. The van der Waals surface area contributed by atoms with Crippen LogP contribution in [0.25, 0.3) is 11.1 Å². The van der Waals surface area contributed by atoms with Crippen molar-refractivity contribution in [2.45, 2.75) is 57.4 Å². The van der Waals surface area contributed by atoms with Gasteiger partial charge in [0.2, 0.25) is 5.91 Å². The highest BCUT2D eigenvalue weighted by Gasteiger charge is 2.50. The summed E-state index contributed by atoms with van der Waals surface area (Å²) >= 11 is 0. The van der Waals surface area contributed by atoms with Crippen LogP contribution in [0.4, 0.5) is 4.79 Å². The summed E-state index contributed by atoms with van der Waals surface area (Å²) in [6.45, 7) is 2.43. The molecule has 2 aromatic rings. The predicted octanol–water partition coefficient (Wildman–Crippen LogP) is 4.46. The largest absolute Gasteiger partial charge is 0.481 e. The summed E-state index contributed by atoms with van der Waals surface area (Å²) in [5.41, 5.74) is 3.95. The number of unbranched alkanes of at least 4 members (excludes halogenated alkanes) is 1. The van der Waals surface area contributed by atoms with Gasteiger partial charge in [-0.15, -0.1) is 0 Å². The van der Waals surface area contributed by atoms with Crippen LogP contribution in [0.15, 0.2) is 48.5 Å². The lowest BCUT2D eigenvalue weighted by atomic mass is 9.98. The minimum Gasteiger partial charge on any atom is -0.481 e. The number of nitrogens with one attached hydrogen (secondary N) is 2. The Morgan fingerprint density at radius 3 is 2.24 bits per heavy atom. The maximum atomic E-state index is 12.8. The number of hydrogen-bond donors (Lipinski definition) is 3. The Labute approximate surface area is 199 Å². The number of ether oxygens (including phenoxy) is 1. The predicted molar refractivity (Wildman–Crippen MR) is 128 cm³/mol. The molecule has 2 aliphatic rings. The number of fused-ring (bicyclic) bond motifs is 3. The fraction of sp³-hybridized carbons (Fsp3) is 0.444. The number of amides is 2. The second-order valence-electron chi connectivity index (χ2n) is 9.37. The molecule has 0 heterocycles. The van der Waals surface area contributed by atoms with Gasteiger partial charge in [0.1, 0.15) is 6.61 Å². The van der Waals surface area contributed by atoms with Gasteiger partial charge >= 0.3 is 12.1 Å². The third-order valence-corrected chi connectivity index (χ3v) is 6.91. The van der Waals surface area contributed by atoms with Crippen molar-refractivity contribution in [2.24, 2.45) is 5.41 Å². The van der Waals surface area contributed by atoms with E-state index in [-0.39, 0.29) is 31.4 Å². The van der Waals surface area contributed by atoms with E-state index in [9.17, 15) is 14.4 Å². The van der Waals surface area contributed by atoms with E-state index in [2.05, 4.69) is 34.9 Å². The van der Waals surface area contributed by atoms with E-state index in [1.807, 2.05) is 31.2 Å². The number of hydrogen-bond acceptors (Lipinski definition) is 4. The van der Waals surface area contributed by atoms with Crippen molar-refractivity contribution in [1.29, 1.82) is 0 Å². The van der Waals surface area contributed by atoms with Crippen LogP contribution in [0.5, 0.6) is 0 Å². The first-order valence-corrected chi connectivity index (χ1v) is 12.0. The molecule has 180 valence electrons. The molecule has 1 saturated carbocycles. The standard InChI is InChI=1S/C27H32N2O5/c1-2-3-8-18(15-24(30)31)29-25(32)27(13-14-27)17-28-26(33)34-16-23-21-11-6-4-9-19(21)20-10-5-7-12-22(20)23/h4-7,9-12,18,23H,2-3,8,13-17H2,1H3,(H,28,33)(H,29,32)(H,30,31)/t18-/m1/s1. The molecule has 0 bridgehead atoms. The second-order valence-corrected chi connectivity index (χ2v) is 9.37. The number of alkyl carbamates (subject to hydrolysis) is 1. The number of aliphatic carboxylic acids is 1. The van der Waals surface area contributed by atoms with Gasteiger partial charge in [-0.1, -0.05) is 68.3 Å². The van der Waals surface area contributed by atoms with E-state index in [4.69, 9.17) is 9.84 Å². The first kappa shape index (κ1) is 23.8. The van der Waals surface area contributed by atoms with Crippen molar-refractivity contribution in [3.8, 4) is 11.1 Å². The molecule has 2 aromatic carbocycles. The molecule has 4 rings (SSSR count). The van der Waals surface area contributed by atoms with E-state index in [1.165, 1.54) is 11.1 Å². The van der Waals surface area contributed by atoms with Gasteiger partial charge in [-0.3, -0.25) is 9.59 Å². The minimum atomic E-state index is -0.928. The Bertz CT molecular complexity index is 1020. The van der Waals surface area contributed by atoms with Crippen LogP contribution in [-0.4, -0.2) is 42.3 Å². The fourth-order valence-corrected chi connectivity index (χ4v) is 4.75. The molecule has 2 aliphatic carbocycles. The monoisotopic (exact) mass is 464 g/mol. The van der Waals surface area contributed by atoms with E-state index >= 15 is 0 Å². The highest BCUT2D eigenvalue weighted by atomic mass is 16.5. The van der Waals surface area contributed by atoms with Gasteiger partial charge < -0.3 is 20.5 Å². The Morgan fingerprint density at radius 1 is 1.06 bits per heavy atom. The van der Waals surface area contributed by atoms with E-state index in [0.29, 0.717) is 19.3 Å². The lowest BCUT2D eigenvalue weighted by Gasteiger charge is -2.22. The number of rotatable bonds is 11. The fourth-order valence-electron chi connectivity index (χ4n) is 4.75. The molecule has 3 N–H and O–H groups in total. The van der Waals surface area contributed by atoms with E-state index in [1.54, 1.807) is 0 Å². The van der Waals surface area contributed by atoms with Gasteiger partial charge in [0.05, 0.1) is 11.8 Å². The van der Waals surface area contributed by atoms with Gasteiger partial charge in [-0.2, -0.15) is 0 Å². The summed E-state index contributed by atoms with van der Waals surface area (Å²) in [7, 11) is 0. The smallest absolute Gasteiger partial charge is 0.407 e. The van der Waals surface area contributed by atoms with Crippen LogP contribution in [0, 0.1) is 5.41 Å². The highest BCUT2D eigenvalue weighted by molar-refractivity contribution is 5.87. The third kappa shape index (κ3) is 5.24. The number of carbonyl (C=O) groups is 3. The Balaban J connectivity index is 1.30. The molecule has 0 spiro atoms. The molecule has 0 saturated heterocycles. The summed E-state index contributed by atoms with van der Waals surface area (Å²) in [4.78, 5) is 36.5. The lowest BCUT2D eigenvalue weighted by Crippen LogP contribution is -2.45. The van der Waals surface area contributed by atoms with E-state index < -0.39 is 23.5 Å². The highest BCUT2D eigenvalue weighted by Crippen LogP contribution is 2.46. The molecule has 1 atom stereocenters. The first-order valence-electron chi connectivity index (χ1n) is 12.0. The summed E-state index contributed by atoms with van der Waals surface area (Å²) < 4.78 is 5.57. The van der Waals surface area contributed by atoms with Crippen LogP contribution in [0.2, 0.25) is 0 Å². The summed E-state index contributed by atoms with van der Waals surface area (Å²) in [6, 6.07) is 15.9. The normalized spacial score (nSPS) is 16.1. The number of carboxylic acids is 1. The average Bonchev–Trinajstić information content (AvgIpc) is 3.56. The quantitative estimate of drug-likeness (QED) is 0.456. The van der Waals surface area contributed by atoms with Crippen LogP contribution in [-0.2, 0) is 14.3 Å². The zero-order chi connectivity index (χ0) is 24.1. The van der Waals surface area contributed by atoms with Crippen LogP contribution in [0.3, 0.4) is 0 Å². The second kappa shape index (κ2) is 10.3. The van der Waals surface area contributed by atoms with Gasteiger partial charge in [0.15, 0.2) is 0 Å². The van der Waals surface area contributed by atoms with Crippen LogP contribution >= 0.6 is 0 Å². The average molecular weight is 465 g/mol. The van der Waals surface area contributed by atoms with Crippen molar-refractivity contribution in [1.82, 2.24) is 10.6 Å². The van der Waals surface area contributed by atoms with Crippen molar-refractivity contribution in [3.05, 3.63) is 59.7 Å². The molecular weight excluding hydrogens is 432 g/mol. The summed E-state index contributed by atoms with van der Waals surface area (Å²) in [5.74, 6) is -1.14. The first-order chi connectivity index (χ1) is 16.4. The van der Waals surface area contributed by atoms with E-state index in [0.717, 1.165) is 24.0 Å². The molecule has 0 aromatic heterocycles. The van der Waals surface area contributed by atoms with Crippen molar-refractivity contribution < 1.29 is 24.2 Å². The van der Waals surface area contributed by atoms with Gasteiger partial charge in [-0.05, 0) is 41.5 Å². The van der Waals surface area contributed by atoms with Crippen molar-refractivity contribution >= 4 is 18.0 Å². The Kier molecular flexibility index (Phi) is 7.20. The molecule has 7 nitrogen and oxygen atoms in total. The van der Waals surface area contributed by atoms with Crippen molar-refractivity contribution in [2.75, 3.05) is 13.2 Å². The lowest BCUT2D eigenvalue weighted by molar-refractivity contribution is -0.138. The number of carbonyl (C=O) groups excluding carboxylic acids is 2.